The van der Waals surface area contributed by atoms with Crippen molar-refractivity contribution in [2.45, 2.75) is 157 Å². The predicted octanol–water partition coefficient (Wildman–Crippen LogP) is 11.2. The van der Waals surface area contributed by atoms with E-state index in [0.29, 0.717) is 134 Å². The molecule has 13 aromatic rings. The highest BCUT2D eigenvalue weighted by Crippen LogP contribution is 2.43. The average molecular weight is 1740 g/mol. The van der Waals surface area contributed by atoms with Crippen LogP contribution in [0.15, 0.2) is 104 Å². The van der Waals surface area contributed by atoms with E-state index in [1.54, 1.807) is 6.20 Å². The van der Waals surface area contributed by atoms with Crippen LogP contribution in [0.2, 0.25) is 0 Å². The summed E-state index contributed by atoms with van der Waals surface area (Å²) in [5.74, 6) is 10.8. The number of fused-ring (bicyclic) bond motifs is 12. The van der Waals surface area contributed by atoms with Gasteiger partial charge in [-0.1, -0.05) is 42.5 Å². The minimum Gasteiger partial charge on any atom is -0.474 e. The predicted molar refractivity (Wildman–Crippen MR) is 484 cm³/mol. The van der Waals surface area contributed by atoms with Crippen LogP contribution in [0.3, 0.4) is 0 Å². The monoisotopic (exact) mass is 1740 g/mol. The van der Waals surface area contributed by atoms with Gasteiger partial charge in [0.05, 0.1) is 115 Å². The molecule has 0 unspecified atom stereocenters. The number of carbonyl (C=O) groups excluding carboxylic acids is 1. The maximum atomic E-state index is 11.7. The number of imidazole rings is 4. The molecule has 9 aliphatic heterocycles. The number of amides is 1. The average Bonchev–Trinajstić information content (AvgIpc) is 1.59. The lowest BCUT2D eigenvalue weighted by atomic mass is 10.1. The molecule has 1 amide bonds. The first-order valence-corrected chi connectivity index (χ1v) is 44.8. The number of hydrogen-bond donors (Lipinski definition) is 1. The van der Waals surface area contributed by atoms with Crippen LogP contribution >= 0.6 is 0 Å². The first-order valence-electron chi connectivity index (χ1n) is 44.8. The van der Waals surface area contributed by atoms with Crippen LogP contribution < -0.4 is 34.6 Å². The number of nitrogens with one attached hydrogen (secondary N) is 1. The first kappa shape index (κ1) is 85.5. The van der Waals surface area contributed by atoms with Gasteiger partial charge in [-0.15, -0.1) is 0 Å². The number of pyridine rings is 2. The number of nitrogens with zero attached hydrogens (tertiary/aromatic N) is 25. The number of anilines is 6. The fourth-order valence-electron chi connectivity index (χ4n) is 18.0. The van der Waals surface area contributed by atoms with Gasteiger partial charge in [0.2, 0.25) is 11.8 Å². The van der Waals surface area contributed by atoms with Crippen LogP contribution in [-0.4, -0.2) is 255 Å². The number of para-hydroxylation sites is 1. The van der Waals surface area contributed by atoms with E-state index < -0.39 is 22.4 Å². The van der Waals surface area contributed by atoms with Crippen LogP contribution in [0, 0.1) is 0 Å². The molecule has 0 atom stereocenters. The van der Waals surface area contributed by atoms with Gasteiger partial charge in [-0.25, -0.2) is 69.8 Å². The number of carbonyl (C=O) groups is 1. The molecule has 670 valence electrons. The highest BCUT2D eigenvalue weighted by atomic mass is 16.5. The summed E-state index contributed by atoms with van der Waals surface area (Å²) in [6, 6.07) is 25.9. The van der Waals surface area contributed by atoms with Gasteiger partial charge in [0.15, 0.2) is 91.2 Å². The largest absolute Gasteiger partial charge is 0.474 e. The van der Waals surface area contributed by atoms with Gasteiger partial charge >= 0.3 is 0 Å². The van der Waals surface area contributed by atoms with E-state index in [0.717, 1.165) is 198 Å². The third-order valence-electron chi connectivity index (χ3n) is 24.4. The van der Waals surface area contributed by atoms with Crippen molar-refractivity contribution in [3.8, 4) is 51.4 Å². The van der Waals surface area contributed by atoms with Crippen LogP contribution in [-0.2, 0) is 97.8 Å². The SMILES string of the molecule is CC(=O)Nc1ccccc1-c1nc(N2CCOCC2)c2nc3n(c2n1)CCOC3(C)C.CC(C)Oc1ncccc1-c1nc(N2CCOCC2)c2nc3n(c2n1)CCOC3(C)C.CC1(C)OCCn2c1nc1c(N3CCOCC3)nc(-c3ccc(N4CCCCC4)nc3)nc12.CC1(C)OCCn2c1nc1c(N3CCOCC3)nc(-c3cnn(Cc4ccccc4)c3)nc12. The zero-order valence-electron chi connectivity index (χ0n) is 74.9. The van der Waals surface area contributed by atoms with Crippen molar-refractivity contribution in [3.63, 3.8) is 0 Å². The van der Waals surface area contributed by atoms with Gasteiger partial charge in [0.1, 0.15) is 51.5 Å². The third kappa shape index (κ3) is 17.5. The molecule has 5 fully saturated rings. The molecule has 128 heavy (non-hydrogen) atoms. The minimum atomic E-state index is -0.504. The molecule has 0 saturated carbocycles. The smallest absolute Gasteiger partial charge is 0.224 e. The lowest BCUT2D eigenvalue weighted by molar-refractivity contribution is -0.114. The first-order chi connectivity index (χ1) is 62.1. The van der Waals surface area contributed by atoms with Gasteiger partial charge in [-0.05, 0) is 130 Å². The standard InChI is InChI=1S/C24H31N7O2.C24H27N7O2.C22H28N6O3.C22H26N6O3/c1-24(2)23-26-19-21(30-10-13-32-14-11-30)27-20(28-22(19)31(23)12-15-33-24)17-6-7-18(25-16-17)29-8-4-3-5-9-29;1-24(2)23-26-19-21(29-8-11-32-12-9-29)27-20(28-22(19)31(23)10-13-33-24)18-14-25-30(16-18)15-17-6-4-3-5-7-17;1-14(2)31-20-15(6-5-7-23-20)17-25-18(27-8-11-29-12-9-27)16-19(26-17)28-10-13-30-22(3,4)21(28)24-16;1-14(29)23-16-7-5-4-6-15(16)18-25-19(27-8-11-30-12-9-27)17-20(26-18)28-10-13-31-22(2,3)21(28)24-17/h6-7,16H,3-5,8-15H2,1-2H3;3-7,14,16H,8-13,15H2,1-2H3;5-7,14H,8-13H2,1-4H3;4-7H,8-13H2,1-3H3,(H,23,29). The van der Waals surface area contributed by atoms with E-state index >= 15 is 0 Å². The van der Waals surface area contributed by atoms with Gasteiger partial charge in [0.25, 0.3) is 0 Å². The number of aromatic nitrogens is 20. The maximum absolute atomic E-state index is 11.7. The second-order valence-electron chi connectivity index (χ2n) is 35.5. The summed E-state index contributed by atoms with van der Waals surface area (Å²) >= 11 is 0. The Hall–Kier alpha value is -11.9. The van der Waals surface area contributed by atoms with Crippen molar-refractivity contribution in [1.29, 1.82) is 0 Å². The maximum Gasteiger partial charge on any atom is 0.224 e. The van der Waals surface area contributed by atoms with Crippen molar-refractivity contribution in [2.75, 3.05) is 175 Å². The van der Waals surface area contributed by atoms with E-state index in [-0.39, 0.29) is 12.0 Å². The van der Waals surface area contributed by atoms with Gasteiger partial charge in [0, 0.05) is 128 Å². The Balaban J connectivity index is 0.000000111. The Labute approximate surface area is 742 Å². The summed E-state index contributed by atoms with van der Waals surface area (Å²) in [6.45, 7) is 41.5. The number of morpholine rings is 4. The van der Waals surface area contributed by atoms with E-state index in [2.05, 4.69) is 110 Å². The molecule has 0 aliphatic carbocycles. The minimum absolute atomic E-state index is 0.00299. The topological polar surface area (TPSA) is 346 Å². The fraction of sp³-hybridized carbons (Fsp3) is 0.500. The van der Waals surface area contributed by atoms with Crippen molar-refractivity contribution in [2.24, 2.45) is 0 Å². The van der Waals surface area contributed by atoms with Crippen LogP contribution in [0.5, 0.6) is 5.88 Å². The lowest BCUT2D eigenvalue weighted by Gasteiger charge is -2.30. The van der Waals surface area contributed by atoms with Gasteiger partial charge in [-0.2, -0.15) is 5.10 Å². The Bertz CT molecular complexity index is 6170. The van der Waals surface area contributed by atoms with Crippen molar-refractivity contribution in [3.05, 3.63) is 133 Å². The molecular weight excluding hydrogens is 1630 g/mol. The molecule has 9 aliphatic rings. The van der Waals surface area contributed by atoms with Crippen LogP contribution in [0.4, 0.5) is 34.8 Å². The number of ether oxygens (including phenoxy) is 9. The highest BCUT2D eigenvalue weighted by Gasteiger charge is 2.41. The zero-order chi connectivity index (χ0) is 88.0. The van der Waals surface area contributed by atoms with Crippen molar-refractivity contribution in [1.82, 2.24) is 97.8 Å². The summed E-state index contributed by atoms with van der Waals surface area (Å²) in [5.41, 5.74) is 9.89. The van der Waals surface area contributed by atoms with Gasteiger partial charge in [-0.3, -0.25) is 9.48 Å². The summed E-state index contributed by atoms with van der Waals surface area (Å²) in [5, 5.41) is 7.46. The third-order valence-corrected chi connectivity index (χ3v) is 24.4. The normalized spacial score (nSPS) is 18.8. The summed E-state index contributed by atoms with van der Waals surface area (Å²) in [7, 11) is 0. The van der Waals surface area contributed by atoms with Crippen molar-refractivity contribution >= 4 is 85.3 Å². The number of rotatable bonds is 14. The molecule has 22 rings (SSSR count). The lowest BCUT2D eigenvalue weighted by Crippen LogP contribution is -2.37. The Morgan fingerprint density at radius 1 is 0.398 bits per heavy atom. The van der Waals surface area contributed by atoms with Crippen LogP contribution in [0.25, 0.3) is 90.2 Å². The fourth-order valence-corrected chi connectivity index (χ4v) is 18.0. The second kappa shape index (κ2) is 36.0. The molecule has 36 nitrogen and oxygen atoms in total. The number of piperidine rings is 1. The summed E-state index contributed by atoms with van der Waals surface area (Å²) in [6.07, 6.45) is 11.3. The van der Waals surface area contributed by atoms with E-state index in [4.69, 9.17) is 107 Å². The summed E-state index contributed by atoms with van der Waals surface area (Å²) < 4.78 is 62.8. The molecule has 0 bridgehead atoms. The second-order valence-corrected chi connectivity index (χ2v) is 35.5. The number of hydrogen-bond acceptors (Lipinski definition) is 30. The Kier molecular flexibility index (Phi) is 24.0. The molecule has 5 saturated heterocycles. The molecule has 36 heteroatoms. The molecule has 0 radical (unpaired) electrons. The highest BCUT2D eigenvalue weighted by molar-refractivity contribution is 5.95. The molecular formula is C92H112N26O10. The summed E-state index contributed by atoms with van der Waals surface area (Å²) in [4.78, 5) is 92.0. The zero-order valence-corrected chi connectivity index (χ0v) is 74.9. The van der Waals surface area contributed by atoms with Crippen molar-refractivity contribution < 1.29 is 47.4 Å². The van der Waals surface area contributed by atoms with Crippen LogP contribution in [0.1, 0.15) is 124 Å². The molecule has 11 aromatic heterocycles. The quantitative estimate of drug-likeness (QED) is 0.106. The van der Waals surface area contributed by atoms with E-state index in [9.17, 15) is 4.79 Å². The Morgan fingerprint density at radius 2 is 0.797 bits per heavy atom. The van der Waals surface area contributed by atoms with E-state index in [1.807, 2.05) is 119 Å². The molecule has 0 spiro atoms. The molecule has 2 aromatic carbocycles. The van der Waals surface area contributed by atoms with E-state index in [1.165, 1.54) is 31.7 Å². The molecule has 20 heterocycles. The van der Waals surface area contributed by atoms with Gasteiger partial charge < -0.3 is 90.7 Å². The Morgan fingerprint density at radius 3 is 1.22 bits per heavy atom. The number of benzene rings is 2. The molecule has 1 N–H and O–H groups in total.